The number of ether oxygens (including phenoxy) is 1. The van der Waals surface area contributed by atoms with E-state index in [9.17, 15) is 9.59 Å². The zero-order valence-electron chi connectivity index (χ0n) is 17.3. The Morgan fingerprint density at radius 2 is 1.88 bits per heavy atom. The molecule has 0 bridgehead atoms. The summed E-state index contributed by atoms with van der Waals surface area (Å²) in [7, 11) is 0. The molecular weight excluding hydrogens is 615 g/mol. The highest BCUT2D eigenvalue weighted by atomic mass is 127. The molecular formula is C25H18BrIN2O3S. The molecule has 1 heterocycles. The van der Waals surface area contributed by atoms with Crippen LogP contribution in [0.5, 0.6) is 5.75 Å². The molecule has 0 radical (unpaired) electrons. The number of hydrogen-bond donors (Lipinski definition) is 1. The first-order valence-electron chi connectivity index (χ1n) is 9.96. The van der Waals surface area contributed by atoms with E-state index in [-0.39, 0.29) is 17.2 Å². The first-order chi connectivity index (χ1) is 15.9. The highest BCUT2D eigenvalue weighted by Gasteiger charge is 2.32. The minimum Gasteiger partial charge on any atom is -0.487 e. The van der Waals surface area contributed by atoms with E-state index in [1.807, 2.05) is 24.3 Å². The molecule has 8 heteroatoms. The van der Waals surface area contributed by atoms with Gasteiger partial charge in [-0.2, -0.15) is 0 Å². The number of amides is 2. The minimum absolute atomic E-state index is 0.0120. The summed E-state index contributed by atoms with van der Waals surface area (Å²) < 4.78 is 7.67. The number of rotatable bonds is 6. The van der Waals surface area contributed by atoms with Crippen molar-refractivity contribution in [3.05, 3.63) is 92.0 Å². The molecule has 0 atom stereocenters. The van der Waals surface area contributed by atoms with Crippen LogP contribution < -0.4 is 10.1 Å². The average molecular weight is 633 g/mol. The maximum absolute atomic E-state index is 12.8. The third-order valence-electron chi connectivity index (χ3n) is 5.03. The number of thiocarbonyl (C=S) groups is 1. The molecule has 1 saturated heterocycles. The van der Waals surface area contributed by atoms with Gasteiger partial charge in [0.15, 0.2) is 5.11 Å². The number of carbonyl (C=O) groups excluding carboxylic acids is 2. The van der Waals surface area contributed by atoms with E-state index in [1.54, 1.807) is 12.2 Å². The topological polar surface area (TPSA) is 58.6 Å². The normalized spacial score (nSPS) is 15.2. The number of fused-ring (bicyclic) bond motifs is 1. The van der Waals surface area contributed by atoms with Crippen molar-refractivity contribution in [2.24, 2.45) is 0 Å². The molecule has 3 aromatic carbocycles. The van der Waals surface area contributed by atoms with Gasteiger partial charge in [0.05, 0.1) is 8.04 Å². The Balaban J connectivity index is 1.56. The smallest absolute Gasteiger partial charge is 0.265 e. The van der Waals surface area contributed by atoms with Gasteiger partial charge in [-0.15, -0.1) is 6.58 Å². The Kier molecular flexibility index (Phi) is 7.26. The maximum Gasteiger partial charge on any atom is 0.265 e. The first-order valence-corrected chi connectivity index (χ1v) is 12.2. The first kappa shape index (κ1) is 23.6. The van der Waals surface area contributed by atoms with Gasteiger partial charge < -0.3 is 4.74 Å². The molecule has 2 amide bonds. The predicted octanol–water partition coefficient (Wildman–Crippen LogP) is 5.60. The van der Waals surface area contributed by atoms with Crippen molar-refractivity contribution in [3.63, 3.8) is 0 Å². The fourth-order valence-corrected chi connectivity index (χ4v) is 5.46. The van der Waals surface area contributed by atoms with Crippen LogP contribution in [0.15, 0.2) is 77.3 Å². The van der Waals surface area contributed by atoms with Crippen molar-refractivity contribution in [2.45, 2.75) is 6.61 Å². The lowest BCUT2D eigenvalue weighted by atomic mass is 10.1. The molecule has 0 aliphatic carbocycles. The van der Waals surface area contributed by atoms with E-state index in [0.717, 1.165) is 19.0 Å². The van der Waals surface area contributed by atoms with Crippen LogP contribution in [0.25, 0.3) is 16.8 Å². The van der Waals surface area contributed by atoms with Gasteiger partial charge in [-0.3, -0.25) is 19.8 Å². The summed E-state index contributed by atoms with van der Waals surface area (Å²) in [5.41, 5.74) is 1.76. The van der Waals surface area contributed by atoms with E-state index >= 15 is 0 Å². The molecule has 1 fully saturated rings. The van der Waals surface area contributed by atoms with Crippen molar-refractivity contribution in [2.75, 3.05) is 6.54 Å². The summed E-state index contributed by atoms with van der Waals surface area (Å²) in [6.07, 6.45) is 3.11. The molecule has 0 unspecified atom stereocenters. The Hall–Kier alpha value is -2.56. The molecule has 0 aromatic heterocycles. The fraction of sp³-hybridized carbons (Fsp3) is 0.0800. The van der Waals surface area contributed by atoms with Gasteiger partial charge in [-0.1, -0.05) is 42.5 Å². The van der Waals surface area contributed by atoms with Gasteiger partial charge in [-0.25, -0.2) is 0 Å². The zero-order chi connectivity index (χ0) is 23.5. The molecule has 33 heavy (non-hydrogen) atoms. The van der Waals surface area contributed by atoms with Gasteiger partial charge >= 0.3 is 0 Å². The van der Waals surface area contributed by atoms with Gasteiger partial charge in [0.2, 0.25) is 0 Å². The lowest BCUT2D eigenvalue weighted by Crippen LogP contribution is -2.53. The molecule has 1 N–H and O–H groups in total. The Morgan fingerprint density at radius 1 is 1.12 bits per heavy atom. The summed E-state index contributed by atoms with van der Waals surface area (Å²) in [6, 6.07) is 18.1. The molecule has 1 aliphatic heterocycles. The molecule has 166 valence electrons. The number of hydrogen-bond acceptors (Lipinski definition) is 4. The van der Waals surface area contributed by atoms with Gasteiger partial charge in [0, 0.05) is 6.54 Å². The summed E-state index contributed by atoms with van der Waals surface area (Å²) in [5, 5.41) is 4.97. The molecule has 5 nitrogen and oxygen atoms in total. The Bertz CT molecular complexity index is 1320. The second kappa shape index (κ2) is 10.1. The van der Waals surface area contributed by atoms with Gasteiger partial charge in [0.25, 0.3) is 11.8 Å². The third-order valence-corrected chi connectivity index (χ3v) is 6.74. The van der Waals surface area contributed by atoms with E-state index in [2.05, 4.69) is 80.7 Å². The molecule has 1 aliphatic rings. The van der Waals surface area contributed by atoms with Crippen LogP contribution in [0.2, 0.25) is 0 Å². The Morgan fingerprint density at radius 3 is 2.61 bits per heavy atom. The molecule has 0 spiro atoms. The molecule has 4 rings (SSSR count). The second-order valence-corrected chi connectivity index (χ2v) is 9.71. The highest BCUT2D eigenvalue weighted by molar-refractivity contribution is 14.1. The fourth-order valence-electron chi connectivity index (χ4n) is 3.44. The van der Waals surface area contributed by atoms with Crippen molar-refractivity contribution < 1.29 is 14.3 Å². The minimum atomic E-state index is -0.520. The van der Waals surface area contributed by atoms with Crippen LogP contribution >= 0.6 is 50.7 Å². The summed E-state index contributed by atoms with van der Waals surface area (Å²) in [4.78, 5) is 26.4. The lowest BCUT2D eigenvalue weighted by Gasteiger charge is -2.27. The third kappa shape index (κ3) is 5.18. The predicted molar refractivity (Wildman–Crippen MR) is 146 cm³/mol. The lowest BCUT2D eigenvalue weighted by molar-refractivity contribution is -0.128. The van der Waals surface area contributed by atoms with E-state index in [1.165, 1.54) is 10.3 Å². The highest BCUT2D eigenvalue weighted by Crippen LogP contribution is 2.34. The largest absolute Gasteiger partial charge is 0.487 e. The van der Waals surface area contributed by atoms with Gasteiger partial charge in [0.1, 0.15) is 17.9 Å². The number of nitrogens with one attached hydrogen (secondary N) is 1. The van der Waals surface area contributed by atoms with Crippen LogP contribution in [0.4, 0.5) is 0 Å². The SMILES string of the molecule is C=CCN1C(=O)/C(=C/c2cc(Br)c(OCc3ccc4ccccc4c3)c(I)c2)C(=O)NC1=S. The standard InChI is InChI=1S/C25H18BrIN2O3S/c1-2-9-29-24(31)19(23(30)28-25(29)33)11-16-12-20(26)22(21(27)13-16)32-14-15-7-8-17-5-3-4-6-18(17)10-15/h2-8,10-13H,1,9,14H2,(H,28,30,33)/b19-11+. The van der Waals surface area contributed by atoms with Crippen LogP contribution in [0.1, 0.15) is 11.1 Å². The average Bonchev–Trinajstić information content (AvgIpc) is 2.79. The number of nitrogens with zero attached hydrogens (tertiary/aromatic N) is 1. The second-order valence-electron chi connectivity index (χ2n) is 7.31. The number of halogens is 2. The molecule has 0 saturated carbocycles. The van der Waals surface area contributed by atoms with Crippen LogP contribution in [0, 0.1) is 3.57 Å². The summed E-state index contributed by atoms with van der Waals surface area (Å²) in [6.45, 7) is 4.26. The van der Waals surface area contributed by atoms with Crippen molar-refractivity contribution >= 4 is 84.5 Å². The summed E-state index contributed by atoms with van der Waals surface area (Å²) in [5.74, 6) is -0.278. The van der Waals surface area contributed by atoms with E-state index in [0.29, 0.717) is 17.9 Å². The van der Waals surface area contributed by atoms with Crippen LogP contribution in [-0.4, -0.2) is 28.4 Å². The molecule has 3 aromatic rings. The maximum atomic E-state index is 12.8. The van der Waals surface area contributed by atoms with E-state index < -0.39 is 11.8 Å². The Labute approximate surface area is 218 Å². The quantitative estimate of drug-likeness (QED) is 0.126. The zero-order valence-corrected chi connectivity index (χ0v) is 21.9. The van der Waals surface area contributed by atoms with Gasteiger partial charge in [-0.05, 0) is 96.9 Å². The van der Waals surface area contributed by atoms with Crippen LogP contribution in [0.3, 0.4) is 0 Å². The number of benzene rings is 3. The van der Waals surface area contributed by atoms with E-state index in [4.69, 9.17) is 17.0 Å². The van der Waals surface area contributed by atoms with Crippen molar-refractivity contribution in [3.8, 4) is 5.75 Å². The monoisotopic (exact) mass is 632 g/mol. The van der Waals surface area contributed by atoms with Crippen molar-refractivity contribution in [1.29, 1.82) is 0 Å². The van der Waals surface area contributed by atoms with Crippen LogP contribution in [-0.2, 0) is 16.2 Å². The summed E-state index contributed by atoms with van der Waals surface area (Å²) >= 11 is 10.8. The van der Waals surface area contributed by atoms with Crippen molar-refractivity contribution in [1.82, 2.24) is 10.2 Å². The number of carbonyl (C=O) groups is 2.